The van der Waals surface area contributed by atoms with Gasteiger partial charge in [-0.25, -0.2) is 13.4 Å². The average Bonchev–Trinajstić information content (AvgIpc) is 2.80. The molecule has 182 valence electrons. The van der Waals surface area contributed by atoms with E-state index in [0.29, 0.717) is 29.8 Å². The third-order valence-electron chi connectivity index (χ3n) is 5.91. The van der Waals surface area contributed by atoms with E-state index in [1.165, 1.54) is 8.87 Å². The number of alkyl halides is 3. The zero-order chi connectivity index (χ0) is 24.7. The normalized spacial score (nSPS) is 17.1. The van der Waals surface area contributed by atoms with Gasteiger partial charge in [-0.3, -0.25) is 14.3 Å². The van der Waals surface area contributed by atoms with Gasteiger partial charge in [0.1, 0.15) is 11.6 Å². The van der Waals surface area contributed by atoms with E-state index in [4.69, 9.17) is 0 Å². The average molecular weight is 497 g/mol. The third-order valence-corrected chi connectivity index (χ3v) is 7.82. The fraction of sp³-hybridized carbons (Fsp3) is 0.364. The van der Waals surface area contributed by atoms with E-state index in [2.05, 4.69) is 9.72 Å². The van der Waals surface area contributed by atoms with Gasteiger partial charge in [0.2, 0.25) is 10.0 Å². The number of piperazine rings is 1. The van der Waals surface area contributed by atoms with Crippen LogP contribution in [-0.4, -0.2) is 59.7 Å². The van der Waals surface area contributed by atoms with Gasteiger partial charge in [-0.2, -0.15) is 4.31 Å². The van der Waals surface area contributed by atoms with Gasteiger partial charge in [0.15, 0.2) is 0 Å². The number of fused-ring (bicyclic) bond motifs is 1. The van der Waals surface area contributed by atoms with E-state index >= 15 is 0 Å². The van der Waals surface area contributed by atoms with E-state index in [9.17, 15) is 26.4 Å². The summed E-state index contributed by atoms with van der Waals surface area (Å²) in [7, 11) is -2.21. The van der Waals surface area contributed by atoms with E-state index in [-0.39, 0.29) is 29.6 Å². The Morgan fingerprint density at radius 1 is 1.00 bits per heavy atom. The first kappa shape index (κ1) is 24.2. The Kier molecular flexibility index (Phi) is 6.40. The number of halogens is 3. The molecule has 8 nitrogen and oxygen atoms in total. The highest BCUT2D eigenvalue weighted by Gasteiger charge is 2.33. The summed E-state index contributed by atoms with van der Waals surface area (Å²) in [4.78, 5) is 19.3. The van der Waals surface area contributed by atoms with Crippen molar-refractivity contribution in [2.24, 2.45) is 7.05 Å². The Bertz CT molecular complexity index is 1350. The van der Waals surface area contributed by atoms with Gasteiger partial charge in [0.05, 0.1) is 21.8 Å². The molecule has 1 aromatic heterocycles. The predicted molar refractivity (Wildman–Crippen MR) is 119 cm³/mol. The Morgan fingerprint density at radius 2 is 1.62 bits per heavy atom. The Hall–Kier alpha value is -2.96. The lowest BCUT2D eigenvalue weighted by Gasteiger charge is -2.37. The molecular weight excluding hydrogens is 473 g/mol. The summed E-state index contributed by atoms with van der Waals surface area (Å²) in [6.07, 6.45) is -4.85. The number of benzene rings is 2. The first-order valence-electron chi connectivity index (χ1n) is 10.5. The fourth-order valence-electron chi connectivity index (χ4n) is 4.07. The summed E-state index contributed by atoms with van der Waals surface area (Å²) in [5.41, 5.74) is 0.457. The molecule has 2 aromatic carbocycles. The minimum absolute atomic E-state index is 0.109. The lowest BCUT2D eigenvalue weighted by Crippen LogP contribution is -2.49. The highest BCUT2D eigenvalue weighted by atomic mass is 32.2. The van der Waals surface area contributed by atoms with Gasteiger partial charge < -0.3 is 4.74 Å². The van der Waals surface area contributed by atoms with Crippen LogP contribution in [0.1, 0.15) is 18.8 Å². The molecule has 1 saturated heterocycles. The zero-order valence-corrected chi connectivity index (χ0v) is 19.3. The summed E-state index contributed by atoms with van der Waals surface area (Å²) in [5, 5.41) is 0.531. The molecule has 1 aliphatic heterocycles. The molecule has 34 heavy (non-hydrogen) atoms. The van der Waals surface area contributed by atoms with Crippen molar-refractivity contribution < 1.29 is 26.3 Å². The fourth-order valence-corrected chi connectivity index (χ4v) is 5.49. The van der Waals surface area contributed by atoms with Crippen LogP contribution in [0.3, 0.4) is 0 Å². The van der Waals surface area contributed by atoms with Gasteiger partial charge in [0, 0.05) is 33.2 Å². The highest BCUT2D eigenvalue weighted by molar-refractivity contribution is 7.89. The molecule has 4 rings (SSSR count). The molecule has 2 heterocycles. The number of hydrogen-bond donors (Lipinski definition) is 0. The van der Waals surface area contributed by atoms with Crippen molar-refractivity contribution in [1.82, 2.24) is 18.8 Å². The monoisotopic (exact) mass is 496 g/mol. The van der Waals surface area contributed by atoms with Crippen LogP contribution in [0.2, 0.25) is 0 Å². The van der Waals surface area contributed by atoms with Gasteiger partial charge >= 0.3 is 6.36 Å². The number of aromatic nitrogens is 2. The number of ether oxygens (including phenoxy) is 1. The summed E-state index contributed by atoms with van der Waals surface area (Å²) in [6.45, 7) is 3.10. The van der Waals surface area contributed by atoms with Crippen LogP contribution in [0.4, 0.5) is 13.2 Å². The first-order chi connectivity index (χ1) is 16.0. The molecule has 0 N–H and O–H groups in total. The Balaban J connectivity index is 1.47. The van der Waals surface area contributed by atoms with Crippen LogP contribution in [0.15, 0.2) is 58.2 Å². The Morgan fingerprint density at radius 3 is 2.24 bits per heavy atom. The summed E-state index contributed by atoms with van der Waals surface area (Å²) >= 11 is 0. The van der Waals surface area contributed by atoms with Crippen LogP contribution in [0.5, 0.6) is 5.75 Å². The van der Waals surface area contributed by atoms with Crippen LogP contribution in [0, 0.1) is 0 Å². The summed E-state index contributed by atoms with van der Waals surface area (Å²) < 4.78 is 69.5. The van der Waals surface area contributed by atoms with Crippen molar-refractivity contribution in [1.29, 1.82) is 0 Å². The van der Waals surface area contributed by atoms with Gasteiger partial charge in [0.25, 0.3) is 5.56 Å². The Labute approximate surface area is 194 Å². The molecule has 12 heteroatoms. The molecule has 1 aliphatic rings. The number of nitrogens with zero attached hydrogens (tertiary/aromatic N) is 4. The molecule has 1 atom stereocenters. The lowest BCUT2D eigenvalue weighted by molar-refractivity contribution is -0.274. The van der Waals surface area contributed by atoms with Crippen LogP contribution in [-0.2, 0) is 17.1 Å². The van der Waals surface area contributed by atoms with E-state index in [1.54, 1.807) is 25.2 Å². The lowest BCUT2D eigenvalue weighted by atomic mass is 10.2. The smallest absolute Gasteiger partial charge is 0.406 e. The number of para-hydroxylation sites is 1. The number of rotatable bonds is 5. The highest BCUT2D eigenvalue weighted by Crippen LogP contribution is 2.27. The van der Waals surface area contributed by atoms with Crippen LogP contribution >= 0.6 is 0 Å². The van der Waals surface area contributed by atoms with Crippen molar-refractivity contribution in [3.05, 3.63) is 64.7 Å². The van der Waals surface area contributed by atoms with E-state index < -0.39 is 22.1 Å². The van der Waals surface area contributed by atoms with Crippen molar-refractivity contribution in [2.45, 2.75) is 24.2 Å². The van der Waals surface area contributed by atoms with Crippen LogP contribution < -0.4 is 10.3 Å². The molecule has 3 aromatic rings. The van der Waals surface area contributed by atoms with Crippen molar-refractivity contribution in [3.63, 3.8) is 0 Å². The molecule has 0 radical (unpaired) electrons. The predicted octanol–water partition coefficient (Wildman–Crippen LogP) is 2.90. The molecule has 0 saturated carbocycles. The standard InChI is InChI=1S/C22H23F3N4O4S/c1-15(20-26-19-6-4-3-5-18(19)21(30)27(20)2)28-11-13-29(14-12-28)34(31,32)17-9-7-16(8-10-17)33-22(23,24)25/h3-10,15H,11-14H2,1-2H3. The maximum absolute atomic E-state index is 13.0. The maximum Gasteiger partial charge on any atom is 0.573 e. The van der Waals surface area contributed by atoms with E-state index in [0.717, 1.165) is 24.3 Å². The molecule has 0 amide bonds. The topological polar surface area (TPSA) is 84.7 Å². The second-order valence-electron chi connectivity index (χ2n) is 7.99. The number of sulfonamides is 1. The van der Waals surface area contributed by atoms with Gasteiger partial charge in [-0.05, 0) is 43.3 Å². The van der Waals surface area contributed by atoms with E-state index in [1.807, 2.05) is 17.9 Å². The molecule has 0 bridgehead atoms. The minimum Gasteiger partial charge on any atom is -0.406 e. The second kappa shape index (κ2) is 9.01. The molecule has 1 unspecified atom stereocenters. The zero-order valence-electron chi connectivity index (χ0n) is 18.5. The molecular formula is C22H23F3N4O4S. The molecule has 1 fully saturated rings. The maximum atomic E-state index is 13.0. The van der Waals surface area contributed by atoms with Crippen molar-refractivity contribution in [3.8, 4) is 5.75 Å². The van der Waals surface area contributed by atoms with Crippen molar-refractivity contribution in [2.75, 3.05) is 26.2 Å². The second-order valence-corrected chi connectivity index (χ2v) is 9.92. The summed E-state index contributed by atoms with van der Waals surface area (Å²) in [5.74, 6) is 0.0962. The van der Waals surface area contributed by atoms with Gasteiger partial charge in [-0.1, -0.05) is 12.1 Å². The molecule has 0 aliphatic carbocycles. The largest absolute Gasteiger partial charge is 0.573 e. The first-order valence-corrected chi connectivity index (χ1v) is 12.0. The SMILES string of the molecule is CC(c1nc2ccccc2c(=O)n1C)N1CCN(S(=O)(=O)c2ccc(OC(F)(F)F)cc2)CC1. The quantitative estimate of drug-likeness (QED) is 0.540. The van der Waals surface area contributed by atoms with Gasteiger partial charge in [-0.15, -0.1) is 13.2 Å². The number of hydrogen-bond acceptors (Lipinski definition) is 6. The van der Waals surface area contributed by atoms with Crippen LogP contribution in [0.25, 0.3) is 10.9 Å². The molecule has 0 spiro atoms. The van der Waals surface area contributed by atoms with Crippen molar-refractivity contribution >= 4 is 20.9 Å². The summed E-state index contributed by atoms with van der Waals surface area (Å²) in [6, 6.07) is 11.0. The third kappa shape index (κ3) is 4.79. The minimum atomic E-state index is -4.85.